The fourth-order valence-electron chi connectivity index (χ4n) is 5.68. The molecule has 1 fully saturated rings. The van der Waals surface area contributed by atoms with Gasteiger partial charge in [0, 0.05) is 37.3 Å². The lowest BCUT2D eigenvalue weighted by atomic mass is 9.87. The minimum atomic E-state index is -2.59. The van der Waals surface area contributed by atoms with E-state index >= 15 is 0 Å². The number of rotatable bonds is 8. The van der Waals surface area contributed by atoms with E-state index in [4.69, 9.17) is 9.72 Å². The number of fused-ring (bicyclic) bond motifs is 2. The van der Waals surface area contributed by atoms with Gasteiger partial charge in [0.15, 0.2) is 5.65 Å². The monoisotopic (exact) mass is 591 g/mol. The largest absolute Gasteiger partial charge is 0.491 e. The van der Waals surface area contributed by atoms with Crippen LogP contribution in [0.4, 0.5) is 25.1 Å². The minimum Gasteiger partial charge on any atom is -0.491 e. The highest BCUT2D eigenvalue weighted by atomic mass is 19.3. The van der Waals surface area contributed by atoms with Gasteiger partial charge in [0.2, 0.25) is 5.92 Å². The van der Waals surface area contributed by atoms with Gasteiger partial charge in [0.1, 0.15) is 11.6 Å². The standard InChI is InChI=1S/C30H31F2N7O4/c1-37(2)16-22-24(43-17-18-7-9-30(31,32)10-8-18)5-6-25(36-22)35-21-4-3-19(20-15-39(29(41)42)28(40)27(20)21)23-13-34-26-14-33-11-12-38(23)26/h3-6,11-14,18H,7-10,15-17H2,1-2H3,(H,35,36)(H,41,42). The minimum absolute atomic E-state index is 0.0538. The molecule has 2 N–H and O–H groups in total. The summed E-state index contributed by atoms with van der Waals surface area (Å²) in [7, 11) is 3.80. The zero-order valence-electron chi connectivity index (χ0n) is 23.8. The Kier molecular flexibility index (Phi) is 7.42. The number of carbonyl (C=O) groups excluding carboxylic acids is 1. The van der Waals surface area contributed by atoms with Gasteiger partial charge >= 0.3 is 6.09 Å². The van der Waals surface area contributed by atoms with Crippen LogP contribution >= 0.6 is 0 Å². The van der Waals surface area contributed by atoms with Crippen molar-refractivity contribution in [2.75, 3.05) is 26.0 Å². The molecule has 13 heteroatoms. The normalized spacial score (nSPS) is 16.6. The number of halogens is 2. The van der Waals surface area contributed by atoms with Crippen LogP contribution in [0.15, 0.2) is 49.1 Å². The average Bonchev–Trinajstić information content (AvgIpc) is 3.55. The Bertz CT molecular complexity index is 1700. The van der Waals surface area contributed by atoms with E-state index in [1.165, 1.54) is 0 Å². The number of imide groups is 1. The van der Waals surface area contributed by atoms with Gasteiger partial charge < -0.3 is 20.1 Å². The number of carboxylic acid groups (broad SMARTS) is 1. The molecule has 2 amide bonds. The molecule has 11 nitrogen and oxygen atoms in total. The molecule has 0 bridgehead atoms. The molecule has 0 unspecified atom stereocenters. The number of nitrogens with one attached hydrogen (secondary N) is 1. The van der Waals surface area contributed by atoms with E-state index in [2.05, 4.69) is 15.3 Å². The third kappa shape index (κ3) is 5.72. The zero-order valence-corrected chi connectivity index (χ0v) is 23.8. The summed E-state index contributed by atoms with van der Waals surface area (Å²) in [6.07, 6.45) is 5.91. The van der Waals surface area contributed by atoms with Gasteiger partial charge in [-0.2, -0.15) is 0 Å². The summed E-state index contributed by atoms with van der Waals surface area (Å²) in [5.41, 5.74) is 3.87. The number of benzene rings is 1. The van der Waals surface area contributed by atoms with Crippen LogP contribution in [0, 0.1) is 5.92 Å². The Labute approximate surface area is 246 Å². The smallest absolute Gasteiger partial charge is 0.414 e. The molecule has 224 valence electrons. The Morgan fingerprint density at radius 1 is 1.19 bits per heavy atom. The van der Waals surface area contributed by atoms with Crippen LogP contribution in [0.5, 0.6) is 5.75 Å². The first-order chi connectivity index (χ1) is 20.6. The van der Waals surface area contributed by atoms with Crippen LogP contribution in [0.1, 0.15) is 47.3 Å². The Hall–Kier alpha value is -4.65. The highest BCUT2D eigenvalue weighted by Gasteiger charge is 2.37. The van der Waals surface area contributed by atoms with Crippen molar-refractivity contribution in [2.24, 2.45) is 5.92 Å². The number of pyridine rings is 1. The maximum Gasteiger partial charge on any atom is 0.414 e. The second kappa shape index (κ2) is 11.2. The molecule has 1 aliphatic heterocycles. The van der Waals surface area contributed by atoms with E-state index in [1.807, 2.05) is 29.5 Å². The van der Waals surface area contributed by atoms with E-state index in [0.29, 0.717) is 71.4 Å². The lowest BCUT2D eigenvalue weighted by molar-refractivity contribution is -0.0499. The molecular weight excluding hydrogens is 560 g/mol. The second-order valence-corrected chi connectivity index (χ2v) is 11.3. The van der Waals surface area contributed by atoms with E-state index in [0.717, 1.165) is 4.90 Å². The molecule has 0 atom stereocenters. The molecular formula is C30H31F2N7O4. The molecule has 2 aliphatic rings. The van der Waals surface area contributed by atoms with Gasteiger partial charge in [-0.3, -0.25) is 14.2 Å². The van der Waals surface area contributed by atoms with Gasteiger partial charge in [-0.1, -0.05) is 6.07 Å². The van der Waals surface area contributed by atoms with Gasteiger partial charge in [-0.25, -0.2) is 28.4 Å². The molecule has 43 heavy (non-hydrogen) atoms. The van der Waals surface area contributed by atoms with Gasteiger partial charge in [0.05, 0.1) is 48.2 Å². The SMILES string of the molecule is CN(C)Cc1nc(Nc2ccc(-c3cnc4cnccn34)c3c2C(=O)N(C(=O)O)C3)ccc1OCC1CCC(F)(F)CC1. The molecule has 0 radical (unpaired) electrons. The highest BCUT2D eigenvalue weighted by Crippen LogP contribution is 2.39. The van der Waals surface area contributed by atoms with Crippen molar-refractivity contribution in [1.82, 2.24) is 29.2 Å². The molecule has 4 aromatic rings. The van der Waals surface area contributed by atoms with E-state index in [1.54, 1.807) is 43.0 Å². The van der Waals surface area contributed by atoms with Crippen LogP contribution in [-0.2, 0) is 13.1 Å². The molecule has 6 rings (SSSR count). The van der Waals surface area contributed by atoms with Gasteiger partial charge in [0.25, 0.3) is 5.91 Å². The lowest BCUT2D eigenvalue weighted by Crippen LogP contribution is -2.29. The van der Waals surface area contributed by atoms with Crippen LogP contribution in [0.3, 0.4) is 0 Å². The lowest BCUT2D eigenvalue weighted by Gasteiger charge is -2.28. The first-order valence-electron chi connectivity index (χ1n) is 14.0. The second-order valence-electron chi connectivity index (χ2n) is 11.3. The zero-order chi connectivity index (χ0) is 30.3. The number of imidazole rings is 1. The predicted molar refractivity (Wildman–Crippen MR) is 154 cm³/mol. The van der Waals surface area contributed by atoms with E-state index < -0.39 is 17.9 Å². The van der Waals surface area contributed by atoms with Crippen molar-refractivity contribution in [1.29, 1.82) is 0 Å². The van der Waals surface area contributed by atoms with Crippen molar-refractivity contribution < 1.29 is 28.2 Å². The number of ether oxygens (including phenoxy) is 1. The van der Waals surface area contributed by atoms with E-state index in [9.17, 15) is 23.5 Å². The molecule has 1 saturated carbocycles. The summed E-state index contributed by atoms with van der Waals surface area (Å²) >= 11 is 0. The van der Waals surface area contributed by atoms with Crippen molar-refractivity contribution in [3.63, 3.8) is 0 Å². The maximum atomic E-state index is 13.6. The first kappa shape index (κ1) is 28.5. The number of carbonyl (C=O) groups is 2. The number of aromatic nitrogens is 4. The van der Waals surface area contributed by atoms with Crippen LogP contribution in [0.25, 0.3) is 16.9 Å². The predicted octanol–water partition coefficient (Wildman–Crippen LogP) is 5.43. The topological polar surface area (TPSA) is 125 Å². The van der Waals surface area contributed by atoms with E-state index in [-0.39, 0.29) is 30.9 Å². The van der Waals surface area contributed by atoms with Crippen LogP contribution in [0.2, 0.25) is 0 Å². The molecule has 4 heterocycles. The maximum absolute atomic E-state index is 13.6. The fourth-order valence-corrected chi connectivity index (χ4v) is 5.68. The summed E-state index contributed by atoms with van der Waals surface area (Å²) in [4.78, 5) is 41.3. The van der Waals surface area contributed by atoms with Crippen molar-refractivity contribution in [2.45, 2.75) is 44.7 Å². The Balaban J connectivity index is 1.30. The molecule has 0 saturated heterocycles. The fraction of sp³-hybridized carbons (Fsp3) is 0.367. The number of alkyl halides is 2. The quantitative estimate of drug-likeness (QED) is 0.276. The molecule has 0 spiro atoms. The summed E-state index contributed by atoms with van der Waals surface area (Å²) in [5.74, 6) is -2.16. The number of amides is 2. The highest BCUT2D eigenvalue weighted by molar-refractivity contribution is 6.11. The molecule has 1 aliphatic carbocycles. The summed E-state index contributed by atoms with van der Waals surface area (Å²) in [6, 6.07) is 7.05. The molecule has 1 aromatic carbocycles. The van der Waals surface area contributed by atoms with Crippen LogP contribution < -0.4 is 10.1 Å². The number of hydrogen-bond acceptors (Lipinski definition) is 8. The van der Waals surface area contributed by atoms with Gasteiger partial charge in [-0.15, -0.1) is 0 Å². The first-order valence-corrected chi connectivity index (χ1v) is 14.0. The third-order valence-corrected chi connectivity index (χ3v) is 7.88. The molecule has 3 aromatic heterocycles. The summed E-state index contributed by atoms with van der Waals surface area (Å²) < 4.78 is 35.1. The summed E-state index contributed by atoms with van der Waals surface area (Å²) in [6.45, 7) is 0.685. The third-order valence-electron chi connectivity index (χ3n) is 7.88. The van der Waals surface area contributed by atoms with Crippen molar-refractivity contribution >= 4 is 29.2 Å². The van der Waals surface area contributed by atoms with Gasteiger partial charge in [-0.05, 0) is 56.6 Å². The number of hydrogen-bond donors (Lipinski definition) is 2. The number of nitrogens with zero attached hydrogens (tertiary/aromatic N) is 6. The van der Waals surface area contributed by atoms with Crippen molar-refractivity contribution in [3.05, 3.63) is 65.9 Å². The van der Waals surface area contributed by atoms with Crippen molar-refractivity contribution in [3.8, 4) is 17.0 Å². The number of anilines is 2. The average molecular weight is 592 g/mol. The Morgan fingerprint density at radius 3 is 2.72 bits per heavy atom. The Morgan fingerprint density at radius 2 is 1.98 bits per heavy atom. The summed E-state index contributed by atoms with van der Waals surface area (Å²) in [5, 5.41) is 13.0. The van der Waals surface area contributed by atoms with Crippen LogP contribution in [-0.4, -0.2) is 72.9 Å².